The summed E-state index contributed by atoms with van der Waals surface area (Å²) in [5.74, 6) is -0.991. The highest BCUT2D eigenvalue weighted by Gasteiger charge is 2.31. The van der Waals surface area contributed by atoms with Crippen molar-refractivity contribution in [3.8, 4) is 11.8 Å². The summed E-state index contributed by atoms with van der Waals surface area (Å²) in [5.41, 5.74) is -0.356. The molecule has 3 aromatic rings. The Kier molecular flexibility index (Phi) is 4.53. The largest absolute Gasteiger partial charge is 0.506 e. The lowest BCUT2D eigenvalue weighted by Gasteiger charge is -2.20. The molecular weight excluding hydrogens is 435 g/mol. The smallest absolute Gasteiger partial charge is 0.286 e. The van der Waals surface area contributed by atoms with Crippen molar-refractivity contribution in [1.29, 1.82) is 5.26 Å². The maximum absolute atomic E-state index is 14.0. The molecule has 1 aliphatic carbocycles. The van der Waals surface area contributed by atoms with E-state index in [1.807, 2.05) is 6.07 Å². The predicted octanol–water partition coefficient (Wildman–Crippen LogP) is 3.08. The number of aryl methyl sites for hydroxylation is 1. The monoisotopic (exact) mass is 452 g/mol. The van der Waals surface area contributed by atoms with E-state index < -0.39 is 27.1 Å². The fourth-order valence-corrected chi connectivity index (χ4v) is 5.05. The van der Waals surface area contributed by atoms with Crippen LogP contribution in [-0.2, 0) is 16.6 Å². The van der Waals surface area contributed by atoms with Gasteiger partial charge in [0.05, 0.1) is 22.8 Å². The van der Waals surface area contributed by atoms with Crippen LogP contribution < -0.4 is 10.9 Å². The number of aromatic nitrogens is 1. The fraction of sp³-hybridized carbons (Fsp3) is 0.227. The molecule has 2 heterocycles. The number of hydrogen-bond donors (Lipinski definition) is 2. The van der Waals surface area contributed by atoms with Crippen LogP contribution in [0.2, 0.25) is 0 Å². The highest BCUT2D eigenvalue weighted by molar-refractivity contribution is 7.90. The number of benzene rings is 2. The molecule has 2 N–H and O–H groups in total. The number of fused-ring (bicyclic) bond motifs is 2. The molecule has 0 radical (unpaired) electrons. The van der Waals surface area contributed by atoms with Gasteiger partial charge >= 0.3 is 0 Å². The first-order valence-electron chi connectivity index (χ1n) is 10.00. The lowest BCUT2D eigenvalue weighted by Crippen LogP contribution is -2.33. The van der Waals surface area contributed by atoms with E-state index >= 15 is 0 Å². The average Bonchev–Trinajstić information content (AvgIpc) is 3.58. The summed E-state index contributed by atoms with van der Waals surface area (Å²) in [7, 11) is -4.25. The minimum absolute atomic E-state index is 0.0860. The molecule has 1 aromatic heterocycles. The first kappa shape index (κ1) is 20.2. The molecule has 0 unspecified atom stereocenters. The van der Waals surface area contributed by atoms with Crippen molar-refractivity contribution in [2.24, 2.45) is 10.3 Å². The lowest BCUT2D eigenvalue weighted by atomic mass is 10.1. The number of hydrogen-bond acceptors (Lipinski definition) is 6. The second-order valence-corrected chi connectivity index (χ2v) is 9.51. The quantitative estimate of drug-likeness (QED) is 0.627. The Morgan fingerprint density at radius 3 is 2.75 bits per heavy atom. The first-order valence-corrected chi connectivity index (χ1v) is 11.4. The molecule has 32 heavy (non-hydrogen) atoms. The first-order chi connectivity index (χ1) is 15.3. The molecule has 2 aromatic carbocycles. The number of anilines is 1. The van der Waals surface area contributed by atoms with Crippen LogP contribution in [0.4, 0.5) is 10.1 Å². The molecule has 5 rings (SSSR count). The van der Waals surface area contributed by atoms with Crippen molar-refractivity contribution < 1.29 is 17.9 Å². The predicted molar refractivity (Wildman–Crippen MR) is 116 cm³/mol. The van der Waals surface area contributed by atoms with Gasteiger partial charge in [-0.1, -0.05) is 12.8 Å². The third kappa shape index (κ3) is 3.31. The molecule has 2 aliphatic rings. The normalized spacial score (nSPS) is 16.7. The maximum Gasteiger partial charge on any atom is 0.286 e. The third-order valence-electron chi connectivity index (χ3n) is 5.75. The fourth-order valence-electron chi connectivity index (χ4n) is 3.90. The van der Waals surface area contributed by atoms with E-state index in [-0.39, 0.29) is 32.9 Å². The van der Waals surface area contributed by atoms with Gasteiger partial charge in [-0.25, -0.2) is 4.39 Å². The van der Waals surface area contributed by atoms with Gasteiger partial charge in [-0.2, -0.15) is 13.7 Å². The zero-order valence-electron chi connectivity index (χ0n) is 16.7. The molecular formula is C22H17FN4O4S. The topological polar surface area (TPSA) is 125 Å². The highest BCUT2D eigenvalue weighted by Crippen LogP contribution is 2.35. The van der Waals surface area contributed by atoms with Gasteiger partial charge in [0.1, 0.15) is 22.0 Å². The number of sulfonamides is 1. The van der Waals surface area contributed by atoms with Crippen molar-refractivity contribution in [2.75, 3.05) is 5.32 Å². The van der Waals surface area contributed by atoms with E-state index in [4.69, 9.17) is 5.26 Å². The number of amidine groups is 1. The molecule has 0 spiro atoms. The van der Waals surface area contributed by atoms with E-state index in [1.165, 1.54) is 34.9 Å². The molecule has 1 fully saturated rings. The summed E-state index contributed by atoms with van der Waals surface area (Å²) >= 11 is 0. The zero-order chi connectivity index (χ0) is 22.6. The average molecular weight is 452 g/mol. The second kappa shape index (κ2) is 7.17. The molecule has 0 bridgehead atoms. The van der Waals surface area contributed by atoms with Crippen molar-refractivity contribution >= 4 is 32.4 Å². The molecule has 162 valence electrons. The lowest BCUT2D eigenvalue weighted by molar-refractivity contribution is 0.476. The van der Waals surface area contributed by atoms with Gasteiger partial charge in [-0.05, 0) is 48.7 Å². The Labute approximate surface area is 182 Å². The van der Waals surface area contributed by atoms with Gasteiger partial charge < -0.3 is 15.0 Å². The van der Waals surface area contributed by atoms with Gasteiger partial charge in [0.15, 0.2) is 5.84 Å². The number of nitrogens with zero attached hydrogens (tertiary/aromatic N) is 3. The summed E-state index contributed by atoms with van der Waals surface area (Å²) in [6.07, 6.45) is 2.91. The van der Waals surface area contributed by atoms with E-state index in [9.17, 15) is 22.7 Å². The summed E-state index contributed by atoms with van der Waals surface area (Å²) < 4.78 is 44.7. The number of aromatic hydroxyl groups is 1. The van der Waals surface area contributed by atoms with Crippen LogP contribution in [0.15, 0.2) is 50.5 Å². The molecule has 0 atom stereocenters. The minimum atomic E-state index is -4.25. The van der Waals surface area contributed by atoms with Gasteiger partial charge in [0, 0.05) is 11.9 Å². The van der Waals surface area contributed by atoms with Gasteiger partial charge in [0.25, 0.3) is 15.6 Å². The van der Waals surface area contributed by atoms with Crippen LogP contribution >= 0.6 is 0 Å². The minimum Gasteiger partial charge on any atom is -0.506 e. The van der Waals surface area contributed by atoms with E-state index in [1.54, 1.807) is 0 Å². The van der Waals surface area contributed by atoms with E-state index in [2.05, 4.69) is 9.71 Å². The zero-order valence-corrected chi connectivity index (χ0v) is 17.5. The number of nitrogens with one attached hydrogen (secondary N) is 1. The second-order valence-electron chi connectivity index (χ2n) is 7.94. The molecule has 1 saturated carbocycles. The SMILES string of the molecule is N#Cc1ccc2c(c1)S(=O)(=O)N=C(c1c(O)c3cc(F)ccc3n(CCC3CC3)c1=O)N2. The molecule has 8 nitrogen and oxygen atoms in total. The standard InChI is InChI=1S/C22H17FN4O4S/c23-14-4-6-17-15(10-14)20(28)19(22(29)27(17)8-7-12-1-2-12)21-25-16-5-3-13(11-24)9-18(16)32(30,31)26-21/h3-6,9-10,12,28H,1-2,7-8H2,(H,25,26). The van der Waals surface area contributed by atoms with E-state index in [0.29, 0.717) is 18.0 Å². The number of pyridine rings is 1. The molecule has 0 saturated heterocycles. The van der Waals surface area contributed by atoms with Crippen LogP contribution in [0.1, 0.15) is 30.4 Å². The van der Waals surface area contributed by atoms with Crippen LogP contribution in [0.3, 0.4) is 0 Å². The van der Waals surface area contributed by atoms with E-state index in [0.717, 1.165) is 25.3 Å². The van der Waals surface area contributed by atoms with Crippen molar-refractivity contribution in [1.82, 2.24) is 4.57 Å². The van der Waals surface area contributed by atoms with Gasteiger partial charge in [-0.3, -0.25) is 4.79 Å². The third-order valence-corrected chi connectivity index (χ3v) is 7.06. The number of rotatable bonds is 4. The van der Waals surface area contributed by atoms with Crippen LogP contribution in [0.5, 0.6) is 5.75 Å². The molecule has 0 amide bonds. The van der Waals surface area contributed by atoms with Crippen molar-refractivity contribution in [3.05, 3.63) is 63.7 Å². The Bertz CT molecular complexity index is 1530. The van der Waals surface area contributed by atoms with Gasteiger partial charge in [0.2, 0.25) is 0 Å². The Morgan fingerprint density at radius 1 is 1.25 bits per heavy atom. The summed E-state index contributed by atoms with van der Waals surface area (Å²) in [4.78, 5) is 13.2. The highest BCUT2D eigenvalue weighted by atomic mass is 32.2. The Balaban J connectivity index is 1.73. The summed E-state index contributed by atoms with van der Waals surface area (Å²) in [5, 5.41) is 22.8. The van der Waals surface area contributed by atoms with Crippen LogP contribution in [0, 0.1) is 23.1 Å². The van der Waals surface area contributed by atoms with Crippen molar-refractivity contribution in [3.63, 3.8) is 0 Å². The Morgan fingerprint density at radius 2 is 2.03 bits per heavy atom. The molecule has 10 heteroatoms. The van der Waals surface area contributed by atoms with Crippen LogP contribution in [-0.4, -0.2) is 23.9 Å². The number of nitriles is 1. The number of halogens is 1. The summed E-state index contributed by atoms with van der Waals surface area (Å²) in [6.45, 7) is 0.348. The molecule has 1 aliphatic heterocycles. The van der Waals surface area contributed by atoms with Crippen molar-refractivity contribution in [2.45, 2.75) is 30.7 Å². The maximum atomic E-state index is 14.0. The van der Waals surface area contributed by atoms with Crippen LogP contribution in [0.25, 0.3) is 10.9 Å². The Hall–Kier alpha value is -3.71. The van der Waals surface area contributed by atoms with Gasteiger partial charge in [-0.15, -0.1) is 4.40 Å². The summed E-state index contributed by atoms with van der Waals surface area (Å²) in [6, 6.07) is 9.60.